The molecule has 0 spiro atoms. The number of aliphatic hydroxyl groups excluding tert-OH is 1. The predicted octanol–water partition coefficient (Wildman–Crippen LogP) is 5.17. The molecule has 0 saturated carbocycles. The summed E-state index contributed by atoms with van der Waals surface area (Å²) in [6.07, 6.45) is -0.478. The summed E-state index contributed by atoms with van der Waals surface area (Å²) in [5.74, 6) is 0. The Bertz CT molecular complexity index is 802. The lowest BCUT2D eigenvalue weighted by Gasteiger charge is -2.21. The second-order valence-corrected chi connectivity index (χ2v) is 6.71. The van der Waals surface area contributed by atoms with Crippen LogP contribution in [0.5, 0.6) is 0 Å². The predicted molar refractivity (Wildman–Crippen MR) is 105 cm³/mol. The highest BCUT2D eigenvalue weighted by Crippen LogP contribution is 2.27. The Morgan fingerprint density at radius 2 is 1.52 bits per heavy atom. The first kappa shape index (κ1) is 17.7. The van der Waals surface area contributed by atoms with Crippen molar-refractivity contribution in [2.24, 2.45) is 0 Å². The number of benzene rings is 3. The van der Waals surface area contributed by atoms with E-state index in [1.807, 2.05) is 61.6 Å². The molecule has 25 heavy (non-hydrogen) atoms. The van der Waals surface area contributed by atoms with Gasteiger partial charge in [-0.1, -0.05) is 84.4 Å². The molecule has 1 N–H and O–H groups in total. The van der Waals surface area contributed by atoms with Crippen molar-refractivity contribution in [2.75, 3.05) is 13.6 Å². The molecule has 0 heterocycles. The molecule has 0 radical (unpaired) electrons. The molecule has 0 amide bonds. The lowest BCUT2D eigenvalue weighted by atomic mass is 10.0. The molecule has 0 bridgehead atoms. The van der Waals surface area contributed by atoms with Crippen LogP contribution in [0.4, 0.5) is 0 Å². The molecule has 0 aliphatic rings. The quantitative estimate of drug-likeness (QED) is 0.662. The van der Waals surface area contributed by atoms with Crippen LogP contribution in [0.3, 0.4) is 0 Å². The lowest BCUT2D eigenvalue weighted by molar-refractivity contribution is 0.124. The molecule has 2 nitrogen and oxygen atoms in total. The van der Waals surface area contributed by atoms with Gasteiger partial charge in [0.1, 0.15) is 0 Å². The highest BCUT2D eigenvalue weighted by atomic mass is 35.5. The van der Waals surface area contributed by atoms with Crippen molar-refractivity contribution in [3.8, 4) is 11.1 Å². The van der Waals surface area contributed by atoms with Crippen molar-refractivity contribution in [3.63, 3.8) is 0 Å². The third-order valence-electron chi connectivity index (χ3n) is 4.26. The van der Waals surface area contributed by atoms with Gasteiger partial charge in [-0.2, -0.15) is 0 Å². The minimum absolute atomic E-state index is 0.478. The number of hydrogen-bond donors (Lipinski definition) is 1. The maximum atomic E-state index is 10.3. The maximum Gasteiger partial charge on any atom is 0.0916 e. The summed E-state index contributed by atoms with van der Waals surface area (Å²) >= 11 is 6.26. The van der Waals surface area contributed by atoms with E-state index in [9.17, 15) is 5.11 Å². The van der Waals surface area contributed by atoms with Crippen molar-refractivity contribution in [1.29, 1.82) is 0 Å². The Morgan fingerprint density at radius 3 is 2.20 bits per heavy atom. The standard InChI is InChI=1S/C22H22ClNO/c1-24(16-22(25)19-7-3-2-4-8-19)15-17-11-13-18(14-12-17)20-9-5-6-10-21(20)23/h2-14,22,25H,15-16H2,1H3. The van der Waals surface area contributed by atoms with Crippen LogP contribution in [0.2, 0.25) is 5.02 Å². The first-order valence-electron chi connectivity index (χ1n) is 8.39. The van der Waals surface area contributed by atoms with Crippen LogP contribution < -0.4 is 0 Å². The molecule has 0 aliphatic carbocycles. The van der Waals surface area contributed by atoms with Gasteiger partial charge in [0.2, 0.25) is 0 Å². The van der Waals surface area contributed by atoms with E-state index in [2.05, 4.69) is 29.2 Å². The lowest BCUT2D eigenvalue weighted by Crippen LogP contribution is -2.24. The van der Waals surface area contributed by atoms with Gasteiger partial charge in [0, 0.05) is 23.7 Å². The van der Waals surface area contributed by atoms with Gasteiger partial charge in [0.25, 0.3) is 0 Å². The van der Waals surface area contributed by atoms with E-state index in [0.29, 0.717) is 6.54 Å². The summed E-state index contributed by atoms with van der Waals surface area (Å²) in [5, 5.41) is 11.1. The Kier molecular flexibility index (Phi) is 5.87. The number of hydrogen-bond acceptors (Lipinski definition) is 2. The molecule has 3 aromatic carbocycles. The highest BCUT2D eigenvalue weighted by molar-refractivity contribution is 6.33. The Hall–Kier alpha value is -2.13. The molecule has 3 aromatic rings. The van der Waals surface area contributed by atoms with Gasteiger partial charge in [-0.15, -0.1) is 0 Å². The van der Waals surface area contributed by atoms with Gasteiger partial charge in [-0.25, -0.2) is 0 Å². The zero-order valence-corrected chi connectivity index (χ0v) is 15.0. The minimum atomic E-state index is -0.478. The molecule has 3 heteroatoms. The van der Waals surface area contributed by atoms with Crippen LogP contribution in [-0.4, -0.2) is 23.6 Å². The molecular formula is C22H22ClNO. The summed E-state index contributed by atoms with van der Waals surface area (Å²) in [7, 11) is 2.02. The zero-order chi connectivity index (χ0) is 17.6. The molecule has 0 fully saturated rings. The number of nitrogens with zero attached hydrogens (tertiary/aromatic N) is 1. The van der Waals surface area contributed by atoms with Crippen LogP contribution in [0.1, 0.15) is 17.2 Å². The van der Waals surface area contributed by atoms with Crippen LogP contribution in [0.15, 0.2) is 78.9 Å². The van der Waals surface area contributed by atoms with Crippen LogP contribution in [-0.2, 0) is 6.54 Å². The molecule has 128 valence electrons. The molecule has 0 aliphatic heterocycles. The summed E-state index contributed by atoms with van der Waals surface area (Å²) in [5.41, 5.74) is 4.31. The normalized spacial score (nSPS) is 12.3. The van der Waals surface area contributed by atoms with Crippen LogP contribution in [0, 0.1) is 0 Å². The van der Waals surface area contributed by atoms with E-state index in [-0.39, 0.29) is 0 Å². The summed E-state index contributed by atoms with van der Waals surface area (Å²) in [4.78, 5) is 2.13. The van der Waals surface area contributed by atoms with E-state index in [1.165, 1.54) is 5.56 Å². The molecule has 1 atom stereocenters. The van der Waals surface area contributed by atoms with Crippen molar-refractivity contribution in [3.05, 3.63) is 95.0 Å². The first-order chi connectivity index (χ1) is 12.1. The summed E-state index contributed by atoms with van der Waals surface area (Å²) in [6, 6.07) is 26.1. The summed E-state index contributed by atoms with van der Waals surface area (Å²) in [6.45, 7) is 1.38. The monoisotopic (exact) mass is 351 g/mol. The average Bonchev–Trinajstić information content (AvgIpc) is 2.63. The average molecular weight is 352 g/mol. The molecule has 1 unspecified atom stereocenters. The Labute approximate surface area is 154 Å². The van der Waals surface area contributed by atoms with Gasteiger partial charge >= 0.3 is 0 Å². The third kappa shape index (κ3) is 4.70. The third-order valence-corrected chi connectivity index (χ3v) is 4.59. The smallest absolute Gasteiger partial charge is 0.0916 e. The minimum Gasteiger partial charge on any atom is -0.387 e. The van der Waals surface area contributed by atoms with Crippen molar-refractivity contribution >= 4 is 11.6 Å². The topological polar surface area (TPSA) is 23.5 Å². The van der Waals surface area contributed by atoms with Gasteiger partial charge < -0.3 is 5.11 Å². The number of rotatable bonds is 6. The Morgan fingerprint density at radius 1 is 0.880 bits per heavy atom. The highest BCUT2D eigenvalue weighted by Gasteiger charge is 2.11. The zero-order valence-electron chi connectivity index (χ0n) is 14.3. The largest absolute Gasteiger partial charge is 0.387 e. The SMILES string of the molecule is CN(Cc1ccc(-c2ccccc2Cl)cc1)CC(O)c1ccccc1. The first-order valence-corrected chi connectivity index (χ1v) is 8.76. The molecule has 0 saturated heterocycles. The van der Waals surface area contributed by atoms with E-state index in [1.54, 1.807) is 0 Å². The fourth-order valence-electron chi connectivity index (χ4n) is 2.94. The van der Waals surface area contributed by atoms with Gasteiger partial charge in [-0.05, 0) is 29.8 Å². The van der Waals surface area contributed by atoms with E-state index < -0.39 is 6.10 Å². The van der Waals surface area contributed by atoms with Crippen LogP contribution in [0.25, 0.3) is 11.1 Å². The van der Waals surface area contributed by atoms with E-state index in [4.69, 9.17) is 11.6 Å². The summed E-state index contributed by atoms with van der Waals surface area (Å²) < 4.78 is 0. The fourth-order valence-corrected chi connectivity index (χ4v) is 3.18. The van der Waals surface area contributed by atoms with E-state index >= 15 is 0 Å². The van der Waals surface area contributed by atoms with Crippen molar-refractivity contribution < 1.29 is 5.11 Å². The van der Waals surface area contributed by atoms with E-state index in [0.717, 1.165) is 28.3 Å². The number of likely N-dealkylation sites (N-methyl/N-ethyl adjacent to an activating group) is 1. The Balaban J connectivity index is 1.62. The second-order valence-electron chi connectivity index (χ2n) is 6.30. The van der Waals surface area contributed by atoms with Gasteiger partial charge in [0.05, 0.1) is 6.10 Å². The maximum absolute atomic E-state index is 10.3. The molecular weight excluding hydrogens is 330 g/mol. The molecule has 0 aromatic heterocycles. The van der Waals surface area contributed by atoms with Crippen molar-refractivity contribution in [2.45, 2.75) is 12.6 Å². The fraction of sp³-hybridized carbons (Fsp3) is 0.182. The van der Waals surface area contributed by atoms with Crippen molar-refractivity contribution in [1.82, 2.24) is 4.90 Å². The number of aliphatic hydroxyl groups is 1. The van der Waals surface area contributed by atoms with Crippen LogP contribution >= 0.6 is 11.6 Å². The number of halogens is 1. The van der Waals surface area contributed by atoms with Gasteiger partial charge in [-0.3, -0.25) is 4.90 Å². The van der Waals surface area contributed by atoms with Gasteiger partial charge in [0.15, 0.2) is 0 Å². The second kappa shape index (κ2) is 8.30. The molecule has 3 rings (SSSR count).